The first kappa shape index (κ1) is 21.5. The average molecular weight is 442 g/mol. The normalized spacial score (nSPS) is 15.9. The summed E-state index contributed by atoms with van der Waals surface area (Å²) in [4.78, 5) is 14.5. The molecule has 0 bridgehead atoms. The molecule has 4 rings (SSSR count). The summed E-state index contributed by atoms with van der Waals surface area (Å²) in [5.41, 5.74) is 0. The molecule has 31 heavy (non-hydrogen) atoms. The second-order valence-corrected chi connectivity index (χ2v) is 9.60. The van der Waals surface area contributed by atoms with Crippen LogP contribution in [0.2, 0.25) is 0 Å². The van der Waals surface area contributed by atoms with Crippen LogP contribution in [0.1, 0.15) is 6.42 Å². The van der Waals surface area contributed by atoms with E-state index in [9.17, 15) is 13.2 Å². The Morgan fingerprint density at radius 2 is 1.77 bits per heavy atom. The first-order chi connectivity index (χ1) is 15.0. The molecule has 1 amide bonds. The Hall–Kier alpha value is -2.75. The number of carbonyl (C=O) groups excluding carboxylic acids is 1. The van der Waals surface area contributed by atoms with Gasteiger partial charge in [0.1, 0.15) is 0 Å². The van der Waals surface area contributed by atoms with Gasteiger partial charge in [0.2, 0.25) is 15.9 Å². The Kier molecular flexibility index (Phi) is 6.64. The van der Waals surface area contributed by atoms with Crippen LogP contribution >= 0.6 is 0 Å². The number of fused-ring (bicyclic) bond motifs is 1. The first-order valence-electron chi connectivity index (χ1n) is 10.5. The molecule has 3 aromatic rings. The zero-order valence-electron chi connectivity index (χ0n) is 17.4. The van der Waals surface area contributed by atoms with Gasteiger partial charge in [-0.2, -0.15) is 9.40 Å². The Morgan fingerprint density at radius 1 is 1.00 bits per heavy atom. The van der Waals surface area contributed by atoms with Crippen LogP contribution in [0.4, 0.5) is 0 Å². The molecule has 1 N–H and O–H groups in total. The van der Waals surface area contributed by atoms with Crippen molar-refractivity contribution >= 4 is 26.7 Å². The lowest BCUT2D eigenvalue weighted by atomic mass is 10.1. The van der Waals surface area contributed by atoms with E-state index in [0.717, 1.165) is 23.7 Å². The minimum absolute atomic E-state index is 0.0358. The van der Waals surface area contributed by atoms with Crippen molar-refractivity contribution in [1.82, 2.24) is 24.3 Å². The number of hydrogen-bond acceptors (Lipinski definition) is 5. The number of carbonyl (C=O) groups is 1. The van der Waals surface area contributed by atoms with E-state index in [1.807, 2.05) is 52.2 Å². The molecule has 1 aromatic heterocycles. The molecule has 0 atom stereocenters. The predicted molar refractivity (Wildman–Crippen MR) is 119 cm³/mol. The lowest BCUT2D eigenvalue weighted by Crippen LogP contribution is -2.51. The lowest BCUT2D eigenvalue weighted by molar-refractivity contribution is -0.122. The van der Waals surface area contributed by atoms with E-state index in [-0.39, 0.29) is 12.5 Å². The number of benzene rings is 2. The van der Waals surface area contributed by atoms with Gasteiger partial charge in [-0.05, 0) is 35.4 Å². The molecule has 9 heteroatoms. The molecule has 1 aliphatic rings. The summed E-state index contributed by atoms with van der Waals surface area (Å²) in [6.07, 6.45) is 4.44. The van der Waals surface area contributed by atoms with Gasteiger partial charge in [-0.15, -0.1) is 0 Å². The van der Waals surface area contributed by atoms with E-state index < -0.39 is 10.0 Å². The van der Waals surface area contributed by atoms with E-state index in [1.165, 1.54) is 4.31 Å². The van der Waals surface area contributed by atoms with Gasteiger partial charge in [0.05, 0.1) is 11.4 Å². The molecule has 1 fully saturated rings. The van der Waals surface area contributed by atoms with Crippen molar-refractivity contribution in [2.24, 2.45) is 0 Å². The molecule has 164 valence electrons. The van der Waals surface area contributed by atoms with Gasteiger partial charge in [0, 0.05) is 51.7 Å². The fraction of sp³-hybridized carbons (Fsp3) is 0.364. The zero-order valence-corrected chi connectivity index (χ0v) is 18.2. The van der Waals surface area contributed by atoms with Crippen molar-refractivity contribution in [3.63, 3.8) is 0 Å². The highest BCUT2D eigenvalue weighted by molar-refractivity contribution is 7.89. The van der Waals surface area contributed by atoms with Crippen molar-refractivity contribution in [2.75, 3.05) is 39.3 Å². The van der Waals surface area contributed by atoms with Crippen LogP contribution in [0.15, 0.2) is 65.8 Å². The van der Waals surface area contributed by atoms with E-state index in [0.29, 0.717) is 37.6 Å². The smallest absolute Gasteiger partial charge is 0.243 e. The minimum atomic E-state index is -3.55. The van der Waals surface area contributed by atoms with Gasteiger partial charge in [0.25, 0.3) is 0 Å². The molecule has 0 spiro atoms. The molecule has 2 aromatic carbocycles. The number of rotatable bonds is 8. The first-order valence-corrected chi connectivity index (χ1v) is 11.9. The van der Waals surface area contributed by atoms with E-state index in [1.54, 1.807) is 18.3 Å². The predicted octanol–water partition coefficient (Wildman–Crippen LogP) is 1.55. The maximum atomic E-state index is 13.1. The van der Waals surface area contributed by atoms with Crippen LogP contribution in [0.3, 0.4) is 0 Å². The monoisotopic (exact) mass is 441 g/mol. The number of sulfonamides is 1. The third-order valence-corrected chi connectivity index (χ3v) is 7.40. The molecule has 0 unspecified atom stereocenters. The van der Waals surface area contributed by atoms with E-state index >= 15 is 0 Å². The van der Waals surface area contributed by atoms with Crippen LogP contribution in [0.25, 0.3) is 10.8 Å². The number of aryl methyl sites for hydroxylation is 1. The molecule has 8 nitrogen and oxygen atoms in total. The maximum Gasteiger partial charge on any atom is 0.243 e. The highest BCUT2D eigenvalue weighted by atomic mass is 32.2. The summed E-state index contributed by atoms with van der Waals surface area (Å²) < 4.78 is 29.4. The number of hydrogen-bond donors (Lipinski definition) is 1. The van der Waals surface area contributed by atoms with Gasteiger partial charge in [-0.3, -0.25) is 14.4 Å². The van der Waals surface area contributed by atoms with E-state index in [4.69, 9.17) is 0 Å². The summed E-state index contributed by atoms with van der Waals surface area (Å²) in [6.45, 7) is 3.46. The van der Waals surface area contributed by atoms with Crippen LogP contribution in [0, 0.1) is 0 Å². The highest BCUT2D eigenvalue weighted by Crippen LogP contribution is 2.22. The average Bonchev–Trinajstić information content (AvgIpc) is 3.30. The number of nitrogens with zero attached hydrogens (tertiary/aromatic N) is 4. The Balaban J connectivity index is 1.25. The third kappa shape index (κ3) is 5.30. The topological polar surface area (TPSA) is 87.5 Å². The van der Waals surface area contributed by atoms with E-state index in [2.05, 4.69) is 10.4 Å². The third-order valence-electron chi connectivity index (χ3n) is 5.50. The highest BCUT2D eigenvalue weighted by Gasteiger charge is 2.29. The summed E-state index contributed by atoms with van der Waals surface area (Å²) in [5.74, 6) is -0.0358. The van der Waals surface area contributed by atoms with Gasteiger partial charge in [-0.25, -0.2) is 8.42 Å². The molecule has 1 saturated heterocycles. The molecule has 2 heterocycles. The molecule has 0 radical (unpaired) electrons. The molecule has 1 aliphatic heterocycles. The summed E-state index contributed by atoms with van der Waals surface area (Å²) in [6, 6.07) is 14.8. The Morgan fingerprint density at radius 3 is 2.52 bits per heavy atom. The molecule has 0 aliphatic carbocycles. The number of piperazine rings is 1. The fourth-order valence-electron chi connectivity index (χ4n) is 3.77. The van der Waals surface area contributed by atoms with Crippen LogP contribution in [-0.4, -0.2) is 72.6 Å². The Labute approximate surface area is 182 Å². The maximum absolute atomic E-state index is 13.1. The zero-order chi connectivity index (χ0) is 21.7. The van der Waals surface area contributed by atoms with Gasteiger partial charge >= 0.3 is 0 Å². The Bertz CT molecular complexity index is 1120. The summed E-state index contributed by atoms with van der Waals surface area (Å²) >= 11 is 0. The fourth-order valence-corrected chi connectivity index (χ4v) is 5.22. The van der Waals surface area contributed by atoms with Crippen LogP contribution in [0.5, 0.6) is 0 Å². The molecular weight excluding hydrogens is 414 g/mol. The SMILES string of the molecule is O=C(CN1CCN(S(=O)(=O)c2ccc3ccccc3c2)CC1)NCCCn1cccn1. The van der Waals surface area contributed by atoms with Gasteiger partial charge in [-0.1, -0.05) is 30.3 Å². The number of aromatic nitrogens is 2. The van der Waals surface area contributed by atoms with Crippen molar-refractivity contribution in [2.45, 2.75) is 17.9 Å². The lowest BCUT2D eigenvalue weighted by Gasteiger charge is -2.33. The second-order valence-electron chi connectivity index (χ2n) is 7.66. The second kappa shape index (κ2) is 9.59. The number of nitrogens with one attached hydrogen (secondary N) is 1. The van der Waals surface area contributed by atoms with Crippen molar-refractivity contribution in [3.05, 3.63) is 60.9 Å². The van der Waals surface area contributed by atoms with Crippen molar-refractivity contribution < 1.29 is 13.2 Å². The van der Waals surface area contributed by atoms with Crippen LogP contribution in [-0.2, 0) is 21.4 Å². The number of amides is 1. The largest absolute Gasteiger partial charge is 0.355 e. The molecule has 0 saturated carbocycles. The standard InChI is InChI=1S/C22H27N5O3S/c28-22(23-9-3-11-26-12-4-10-24-26)18-25-13-15-27(16-14-25)31(29,30)21-8-7-19-5-1-2-6-20(19)17-21/h1-2,4-8,10,12,17H,3,9,11,13-16,18H2,(H,23,28). The quantitative estimate of drug-likeness (QED) is 0.536. The summed E-state index contributed by atoms with van der Waals surface area (Å²) in [7, 11) is -3.55. The van der Waals surface area contributed by atoms with Crippen molar-refractivity contribution in [1.29, 1.82) is 0 Å². The van der Waals surface area contributed by atoms with Crippen molar-refractivity contribution in [3.8, 4) is 0 Å². The molecular formula is C22H27N5O3S. The minimum Gasteiger partial charge on any atom is -0.355 e. The van der Waals surface area contributed by atoms with Crippen LogP contribution < -0.4 is 5.32 Å². The summed E-state index contributed by atoms with van der Waals surface area (Å²) in [5, 5.41) is 8.98. The van der Waals surface area contributed by atoms with Gasteiger partial charge < -0.3 is 5.32 Å². The van der Waals surface area contributed by atoms with Gasteiger partial charge in [0.15, 0.2) is 0 Å².